The monoisotopic (exact) mass is 268 g/mol. The lowest BCUT2D eigenvalue weighted by Gasteiger charge is -2.23. The van der Waals surface area contributed by atoms with Crippen molar-refractivity contribution < 1.29 is 4.79 Å². The molecule has 0 aromatic heterocycles. The molecule has 100 valence electrons. The predicted molar refractivity (Wildman–Crippen MR) is 77.5 cm³/mol. The van der Waals surface area contributed by atoms with Crippen LogP contribution in [0.2, 0.25) is 5.02 Å². The first kappa shape index (κ1) is 14.8. The fraction of sp³-hybridized carbons (Fsp3) is 0.500. The van der Waals surface area contributed by atoms with Crippen molar-refractivity contribution in [3.05, 3.63) is 28.8 Å². The third-order valence-corrected chi connectivity index (χ3v) is 3.11. The van der Waals surface area contributed by atoms with Gasteiger partial charge in [0.05, 0.1) is 5.56 Å². The Hall–Kier alpha value is -1.22. The van der Waals surface area contributed by atoms with E-state index in [1.165, 1.54) is 0 Å². The van der Waals surface area contributed by atoms with Gasteiger partial charge in [-0.05, 0) is 38.5 Å². The van der Waals surface area contributed by atoms with Crippen LogP contribution in [0.4, 0.5) is 5.69 Å². The topological polar surface area (TPSA) is 32.3 Å². The minimum atomic E-state index is -0.00824. The third kappa shape index (κ3) is 3.64. The predicted octanol–water partition coefficient (Wildman–Crippen LogP) is 3.64. The minimum absolute atomic E-state index is 0.00824. The van der Waals surface area contributed by atoms with Gasteiger partial charge in [-0.15, -0.1) is 0 Å². The summed E-state index contributed by atoms with van der Waals surface area (Å²) in [5.41, 5.74) is 1.48. The first-order valence-corrected chi connectivity index (χ1v) is 6.65. The second-order valence-corrected chi connectivity index (χ2v) is 5.06. The minimum Gasteiger partial charge on any atom is -0.384 e. The molecule has 1 amide bonds. The number of rotatable bonds is 5. The first-order chi connectivity index (χ1) is 8.47. The molecule has 0 spiro atoms. The van der Waals surface area contributed by atoms with E-state index >= 15 is 0 Å². The second kappa shape index (κ2) is 6.64. The molecule has 0 aliphatic heterocycles. The molecule has 0 fully saturated rings. The largest absolute Gasteiger partial charge is 0.384 e. The summed E-state index contributed by atoms with van der Waals surface area (Å²) < 4.78 is 0. The summed E-state index contributed by atoms with van der Waals surface area (Å²) in [4.78, 5) is 14.1. The number of anilines is 1. The van der Waals surface area contributed by atoms with Gasteiger partial charge >= 0.3 is 0 Å². The van der Waals surface area contributed by atoms with Crippen LogP contribution in [-0.2, 0) is 0 Å². The Morgan fingerprint density at radius 3 is 2.67 bits per heavy atom. The molecule has 1 rings (SSSR count). The van der Waals surface area contributed by atoms with Gasteiger partial charge in [0.1, 0.15) is 0 Å². The average Bonchev–Trinajstić information content (AvgIpc) is 2.35. The molecule has 1 aromatic rings. The fourth-order valence-electron chi connectivity index (χ4n) is 1.53. The molecule has 0 unspecified atom stereocenters. The van der Waals surface area contributed by atoms with Gasteiger partial charge in [0.25, 0.3) is 5.91 Å². The molecule has 0 radical (unpaired) electrons. The zero-order chi connectivity index (χ0) is 13.7. The number of nitrogens with zero attached hydrogens (tertiary/aromatic N) is 1. The lowest BCUT2D eigenvalue weighted by molar-refractivity contribution is 0.0756. The highest BCUT2D eigenvalue weighted by atomic mass is 35.5. The van der Waals surface area contributed by atoms with Gasteiger partial charge in [-0.1, -0.05) is 18.5 Å². The van der Waals surface area contributed by atoms with Crippen LogP contribution in [0.3, 0.4) is 0 Å². The lowest BCUT2D eigenvalue weighted by Crippen LogP contribution is -2.33. The molecule has 0 heterocycles. The van der Waals surface area contributed by atoms with Crippen molar-refractivity contribution >= 4 is 23.2 Å². The number of carbonyl (C=O) groups is 1. The van der Waals surface area contributed by atoms with E-state index in [1.807, 2.05) is 19.9 Å². The molecule has 3 nitrogen and oxygen atoms in total. The van der Waals surface area contributed by atoms with Gasteiger partial charge in [-0.3, -0.25) is 4.79 Å². The summed E-state index contributed by atoms with van der Waals surface area (Å²) >= 11 is 5.98. The molecule has 4 heteroatoms. The number of nitrogens with one attached hydrogen (secondary N) is 1. The molecule has 1 aromatic carbocycles. The number of hydrogen-bond acceptors (Lipinski definition) is 2. The van der Waals surface area contributed by atoms with Crippen molar-refractivity contribution in [3.8, 4) is 0 Å². The molecular formula is C14H21ClN2O. The van der Waals surface area contributed by atoms with Crippen molar-refractivity contribution in [1.29, 1.82) is 0 Å². The number of carbonyl (C=O) groups excluding carboxylic acids is 1. The number of benzene rings is 1. The summed E-state index contributed by atoms with van der Waals surface area (Å²) in [6.45, 7) is 6.90. The van der Waals surface area contributed by atoms with Gasteiger partial charge < -0.3 is 10.2 Å². The maximum absolute atomic E-state index is 12.3. The van der Waals surface area contributed by atoms with Crippen LogP contribution in [0.15, 0.2) is 18.2 Å². The van der Waals surface area contributed by atoms with E-state index in [4.69, 9.17) is 11.6 Å². The van der Waals surface area contributed by atoms with Gasteiger partial charge in [-0.25, -0.2) is 0 Å². The smallest absolute Gasteiger partial charge is 0.255 e. The number of amides is 1. The van der Waals surface area contributed by atoms with Crippen molar-refractivity contribution in [1.82, 2.24) is 4.90 Å². The Morgan fingerprint density at radius 1 is 1.44 bits per heavy atom. The van der Waals surface area contributed by atoms with Crippen LogP contribution in [0.25, 0.3) is 0 Å². The fourth-order valence-corrected chi connectivity index (χ4v) is 1.70. The zero-order valence-corrected chi connectivity index (χ0v) is 12.2. The summed E-state index contributed by atoms with van der Waals surface area (Å²) in [6.07, 6.45) is 1.01. The maximum atomic E-state index is 12.3. The van der Waals surface area contributed by atoms with Crippen LogP contribution in [0.1, 0.15) is 37.6 Å². The van der Waals surface area contributed by atoms with E-state index < -0.39 is 0 Å². The summed E-state index contributed by atoms with van der Waals surface area (Å²) in [6, 6.07) is 5.54. The highest BCUT2D eigenvalue weighted by Crippen LogP contribution is 2.22. The Labute approximate surface area is 114 Å². The standard InChI is InChI=1S/C14H21ClN2O/c1-5-8-16-13-7-6-11(15)9-12(13)14(18)17(4)10(2)3/h6-7,9-10,16H,5,8H2,1-4H3. The van der Waals surface area contributed by atoms with E-state index in [1.54, 1.807) is 24.1 Å². The van der Waals surface area contributed by atoms with Gasteiger partial charge in [0, 0.05) is 30.3 Å². The quantitative estimate of drug-likeness (QED) is 0.884. The Morgan fingerprint density at radius 2 is 2.11 bits per heavy atom. The summed E-state index contributed by atoms with van der Waals surface area (Å²) in [5.74, 6) is -0.00824. The number of hydrogen-bond donors (Lipinski definition) is 1. The van der Waals surface area contributed by atoms with Crippen LogP contribution in [0.5, 0.6) is 0 Å². The molecule has 0 saturated carbocycles. The van der Waals surface area contributed by atoms with Gasteiger partial charge in [0.2, 0.25) is 0 Å². The third-order valence-electron chi connectivity index (χ3n) is 2.87. The van der Waals surface area contributed by atoms with Crippen molar-refractivity contribution in [2.45, 2.75) is 33.2 Å². The number of halogens is 1. The summed E-state index contributed by atoms with van der Waals surface area (Å²) in [7, 11) is 1.80. The van der Waals surface area contributed by atoms with E-state index in [0.717, 1.165) is 18.7 Å². The van der Waals surface area contributed by atoms with Crippen molar-refractivity contribution in [2.24, 2.45) is 0 Å². The maximum Gasteiger partial charge on any atom is 0.255 e. The zero-order valence-electron chi connectivity index (χ0n) is 11.5. The summed E-state index contributed by atoms with van der Waals surface area (Å²) in [5, 5.41) is 3.84. The molecule has 0 saturated heterocycles. The Kier molecular flexibility index (Phi) is 5.48. The van der Waals surface area contributed by atoms with Crippen molar-refractivity contribution in [3.63, 3.8) is 0 Å². The molecular weight excluding hydrogens is 248 g/mol. The van der Waals surface area contributed by atoms with Crippen molar-refractivity contribution in [2.75, 3.05) is 18.9 Å². The molecule has 0 aliphatic carbocycles. The molecule has 0 bridgehead atoms. The van der Waals surface area contributed by atoms with E-state index in [9.17, 15) is 4.79 Å². The molecule has 0 atom stereocenters. The average molecular weight is 269 g/mol. The van der Waals surface area contributed by atoms with Gasteiger partial charge in [0.15, 0.2) is 0 Å². The highest BCUT2D eigenvalue weighted by molar-refractivity contribution is 6.31. The molecule has 18 heavy (non-hydrogen) atoms. The molecule has 1 N–H and O–H groups in total. The van der Waals surface area contributed by atoms with E-state index in [0.29, 0.717) is 10.6 Å². The van der Waals surface area contributed by atoms with Gasteiger partial charge in [-0.2, -0.15) is 0 Å². The Balaban J connectivity index is 3.04. The van der Waals surface area contributed by atoms with E-state index in [2.05, 4.69) is 12.2 Å². The molecule has 0 aliphatic rings. The normalized spacial score (nSPS) is 10.6. The highest BCUT2D eigenvalue weighted by Gasteiger charge is 2.18. The van der Waals surface area contributed by atoms with Crippen LogP contribution < -0.4 is 5.32 Å². The van der Waals surface area contributed by atoms with Crippen LogP contribution >= 0.6 is 11.6 Å². The van der Waals surface area contributed by atoms with E-state index in [-0.39, 0.29) is 11.9 Å². The first-order valence-electron chi connectivity index (χ1n) is 6.28. The lowest BCUT2D eigenvalue weighted by atomic mass is 10.1. The van der Waals surface area contributed by atoms with Crippen LogP contribution in [0, 0.1) is 0 Å². The SMILES string of the molecule is CCCNc1ccc(Cl)cc1C(=O)N(C)C(C)C. The second-order valence-electron chi connectivity index (χ2n) is 4.63. The Bertz CT molecular complexity index is 418. The van der Waals surface area contributed by atoms with Crippen LogP contribution in [-0.4, -0.2) is 30.4 Å².